The second kappa shape index (κ2) is 11.1. The van der Waals surface area contributed by atoms with Gasteiger partial charge < -0.3 is 10.1 Å². The van der Waals surface area contributed by atoms with Crippen molar-refractivity contribution in [3.63, 3.8) is 0 Å². The van der Waals surface area contributed by atoms with Crippen LogP contribution < -0.4 is 5.32 Å². The van der Waals surface area contributed by atoms with Crippen LogP contribution >= 0.6 is 0 Å². The van der Waals surface area contributed by atoms with E-state index in [2.05, 4.69) is 21.5 Å². The standard InChI is InChI=1S/C27H33N3O3/c1-2-33-26(31)17-21-8-9-22-12-13-25(18-24(22)16-21)29-27(32)23-10-6-20(7-11-23)19-28-30-14-4-3-5-15-30/h6-7,10-13,18-19,21H,2-5,8-9,14-17H2,1H3,(H,29,32). The van der Waals surface area contributed by atoms with Crippen molar-refractivity contribution in [1.82, 2.24) is 5.01 Å². The zero-order chi connectivity index (χ0) is 23.0. The minimum atomic E-state index is -0.131. The summed E-state index contributed by atoms with van der Waals surface area (Å²) in [6.45, 7) is 4.28. The maximum absolute atomic E-state index is 12.8. The average molecular weight is 448 g/mol. The lowest BCUT2D eigenvalue weighted by atomic mass is 9.82. The number of nitrogens with zero attached hydrogens (tertiary/aromatic N) is 2. The van der Waals surface area contributed by atoms with Gasteiger partial charge in [-0.1, -0.05) is 18.2 Å². The summed E-state index contributed by atoms with van der Waals surface area (Å²) in [6, 6.07) is 13.6. The van der Waals surface area contributed by atoms with Crippen LogP contribution in [0.5, 0.6) is 0 Å². The first kappa shape index (κ1) is 23.0. The van der Waals surface area contributed by atoms with Gasteiger partial charge in [0.15, 0.2) is 0 Å². The monoisotopic (exact) mass is 447 g/mol. The zero-order valence-electron chi connectivity index (χ0n) is 19.4. The highest BCUT2D eigenvalue weighted by atomic mass is 16.5. The number of hydrogen-bond donors (Lipinski definition) is 1. The fourth-order valence-electron chi connectivity index (χ4n) is 4.60. The van der Waals surface area contributed by atoms with Gasteiger partial charge in [0.2, 0.25) is 0 Å². The maximum Gasteiger partial charge on any atom is 0.306 e. The Balaban J connectivity index is 1.35. The number of nitrogens with one attached hydrogen (secondary N) is 1. The molecular weight excluding hydrogens is 414 g/mol. The Morgan fingerprint density at radius 2 is 1.88 bits per heavy atom. The van der Waals surface area contributed by atoms with Crippen LogP contribution in [0.3, 0.4) is 0 Å². The number of carbonyl (C=O) groups excluding carboxylic acids is 2. The molecule has 0 aromatic heterocycles. The zero-order valence-corrected chi connectivity index (χ0v) is 19.4. The minimum Gasteiger partial charge on any atom is -0.466 e. The molecule has 1 N–H and O–H groups in total. The molecular formula is C27H33N3O3. The summed E-state index contributed by atoms with van der Waals surface area (Å²) in [6.07, 6.45) is 8.78. The van der Waals surface area contributed by atoms with Crippen molar-refractivity contribution in [3.8, 4) is 0 Å². The number of hydrazone groups is 1. The van der Waals surface area contributed by atoms with Crippen molar-refractivity contribution in [3.05, 3.63) is 64.7 Å². The smallest absolute Gasteiger partial charge is 0.306 e. The highest BCUT2D eigenvalue weighted by molar-refractivity contribution is 6.04. The SMILES string of the molecule is CCOC(=O)CC1CCc2ccc(NC(=O)c3ccc(C=NN4CCCCC4)cc3)cc2C1. The molecule has 6 heteroatoms. The van der Waals surface area contributed by atoms with Crippen LogP contribution in [0.2, 0.25) is 0 Å². The quantitative estimate of drug-likeness (QED) is 0.488. The highest BCUT2D eigenvalue weighted by Crippen LogP contribution is 2.30. The average Bonchev–Trinajstić information content (AvgIpc) is 2.83. The van der Waals surface area contributed by atoms with Crippen molar-refractivity contribution in [2.45, 2.75) is 51.9 Å². The molecule has 1 aliphatic carbocycles. The van der Waals surface area contributed by atoms with Crippen molar-refractivity contribution in [2.75, 3.05) is 25.0 Å². The van der Waals surface area contributed by atoms with Gasteiger partial charge in [-0.3, -0.25) is 14.6 Å². The highest BCUT2D eigenvalue weighted by Gasteiger charge is 2.22. The van der Waals surface area contributed by atoms with E-state index in [0.717, 1.165) is 43.6 Å². The molecule has 2 aliphatic rings. The molecule has 1 amide bonds. The Kier molecular flexibility index (Phi) is 7.76. The predicted octanol–water partition coefficient (Wildman–Crippen LogP) is 4.82. The van der Waals surface area contributed by atoms with E-state index in [4.69, 9.17) is 4.74 Å². The molecule has 0 radical (unpaired) electrons. The molecule has 1 unspecified atom stereocenters. The molecule has 174 valence electrons. The van der Waals surface area contributed by atoms with Gasteiger partial charge in [-0.05, 0) is 92.3 Å². The third kappa shape index (κ3) is 6.44. The summed E-state index contributed by atoms with van der Waals surface area (Å²) in [5, 5.41) is 9.67. The van der Waals surface area contributed by atoms with E-state index in [-0.39, 0.29) is 11.9 Å². The normalized spacial score (nSPS) is 18.1. The van der Waals surface area contributed by atoms with Crippen molar-refractivity contribution in [1.29, 1.82) is 0 Å². The van der Waals surface area contributed by atoms with Crippen molar-refractivity contribution in [2.24, 2.45) is 11.0 Å². The Morgan fingerprint density at radius 1 is 1.09 bits per heavy atom. The number of piperidine rings is 1. The predicted molar refractivity (Wildman–Crippen MR) is 131 cm³/mol. The van der Waals surface area contributed by atoms with E-state index in [1.54, 1.807) is 0 Å². The van der Waals surface area contributed by atoms with Crippen LogP contribution in [-0.2, 0) is 22.4 Å². The van der Waals surface area contributed by atoms with Gasteiger partial charge in [0.05, 0.1) is 12.8 Å². The lowest BCUT2D eigenvalue weighted by Crippen LogP contribution is -2.24. The maximum atomic E-state index is 12.8. The molecule has 4 rings (SSSR count). The van der Waals surface area contributed by atoms with Crippen LogP contribution in [0.15, 0.2) is 47.6 Å². The minimum absolute atomic E-state index is 0.125. The number of hydrogen-bond acceptors (Lipinski definition) is 5. The van der Waals surface area contributed by atoms with E-state index in [0.29, 0.717) is 24.5 Å². The van der Waals surface area contributed by atoms with Crippen LogP contribution in [0, 0.1) is 5.92 Å². The van der Waals surface area contributed by atoms with Crippen LogP contribution in [0.25, 0.3) is 0 Å². The second-order valence-electron chi connectivity index (χ2n) is 8.94. The Bertz CT molecular complexity index is 994. The molecule has 1 heterocycles. The summed E-state index contributed by atoms with van der Waals surface area (Å²) in [5.41, 5.74) is 4.89. The fourth-order valence-corrected chi connectivity index (χ4v) is 4.60. The number of carbonyl (C=O) groups is 2. The Morgan fingerprint density at radius 3 is 2.64 bits per heavy atom. The number of ether oxygens (including phenoxy) is 1. The largest absolute Gasteiger partial charge is 0.466 e. The topological polar surface area (TPSA) is 71.0 Å². The fraction of sp³-hybridized carbons (Fsp3) is 0.444. The second-order valence-corrected chi connectivity index (χ2v) is 8.94. The van der Waals surface area contributed by atoms with Gasteiger partial charge in [0, 0.05) is 30.8 Å². The third-order valence-corrected chi connectivity index (χ3v) is 6.43. The number of aryl methyl sites for hydroxylation is 1. The molecule has 1 saturated heterocycles. The number of esters is 1. The third-order valence-electron chi connectivity index (χ3n) is 6.43. The number of rotatable bonds is 7. The Hall–Kier alpha value is -3.15. The van der Waals surface area contributed by atoms with Gasteiger partial charge in [-0.15, -0.1) is 0 Å². The van der Waals surface area contributed by atoms with E-state index in [9.17, 15) is 9.59 Å². The van der Waals surface area contributed by atoms with Gasteiger partial charge in [-0.25, -0.2) is 0 Å². The summed E-state index contributed by atoms with van der Waals surface area (Å²) < 4.78 is 5.11. The van der Waals surface area contributed by atoms with Gasteiger partial charge >= 0.3 is 5.97 Å². The summed E-state index contributed by atoms with van der Waals surface area (Å²) in [7, 11) is 0. The van der Waals surface area contributed by atoms with Gasteiger partial charge in [-0.2, -0.15) is 5.10 Å². The molecule has 1 fully saturated rings. The van der Waals surface area contributed by atoms with Crippen molar-refractivity contribution < 1.29 is 14.3 Å². The molecule has 1 aliphatic heterocycles. The van der Waals surface area contributed by atoms with E-state index in [1.165, 1.54) is 30.4 Å². The molecule has 33 heavy (non-hydrogen) atoms. The molecule has 0 spiro atoms. The van der Waals surface area contributed by atoms with Gasteiger partial charge in [0.1, 0.15) is 0 Å². The van der Waals surface area contributed by atoms with Gasteiger partial charge in [0.25, 0.3) is 5.91 Å². The first-order chi connectivity index (χ1) is 16.1. The summed E-state index contributed by atoms with van der Waals surface area (Å²) in [5.74, 6) is 0.0369. The van der Waals surface area contributed by atoms with E-state index in [1.807, 2.05) is 49.5 Å². The van der Waals surface area contributed by atoms with E-state index >= 15 is 0 Å². The molecule has 6 nitrogen and oxygen atoms in total. The first-order valence-corrected chi connectivity index (χ1v) is 12.1. The summed E-state index contributed by atoms with van der Waals surface area (Å²) >= 11 is 0. The molecule has 0 saturated carbocycles. The van der Waals surface area contributed by atoms with E-state index < -0.39 is 0 Å². The number of fused-ring (bicyclic) bond motifs is 1. The molecule has 2 aromatic carbocycles. The molecule has 2 aromatic rings. The van der Waals surface area contributed by atoms with Crippen LogP contribution in [0.1, 0.15) is 66.1 Å². The first-order valence-electron chi connectivity index (χ1n) is 12.1. The molecule has 1 atom stereocenters. The number of amides is 1. The number of benzene rings is 2. The van der Waals surface area contributed by atoms with Crippen LogP contribution in [0.4, 0.5) is 5.69 Å². The van der Waals surface area contributed by atoms with Crippen LogP contribution in [-0.4, -0.2) is 42.8 Å². The molecule has 0 bridgehead atoms. The lowest BCUT2D eigenvalue weighted by Gasteiger charge is -2.24. The Labute approximate surface area is 196 Å². The summed E-state index contributed by atoms with van der Waals surface area (Å²) in [4.78, 5) is 24.6. The number of anilines is 1. The van der Waals surface area contributed by atoms with Crippen molar-refractivity contribution >= 4 is 23.8 Å². The lowest BCUT2D eigenvalue weighted by molar-refractivity contribution is -0.144.